The summed E-state index contributed by atoms with van der Waals surface area (Å²) in [6.07, 6.45) is 1.97. The summed E-state index contributed by atoms with van der Waals surface area (Å²) in [6, 6.07) is 5.02. The molecule has 1 aromatic carbocycles. The molecule has 17 heavy (non-hydrogen) atoms. The number of aromatic nitrogens is 2. The molecule has 0 atom stereocenters. The van der Waals surface area contributed by atoms with Crippen LogP contribution in [0.1, 0.15) is 30.4 Å². The third kappa shape index (κ3) is 2.38. The number of aromatic amines is 1. The second kappa shape index (κ2) is 4.86. The molecule has 5 nitrogen and oxygen atoms in total. The Morgan fingerprint density at radius 2 is 2.35 bits per heavy atom. The Balaban J connectivity index is 2.19. The van der Waals surface area contributed by atoms with E-state index in [1.165, 1.54) is 0 Å². The number of unbranched alkanes of at least 4 members (excludes halogenated alkanes) is 1. The van der Waals surface area contributed by atoms with Crippen LogP contribution in [-0.4, -0.2) is 27.5 Å². The van der Waals surface area contributed by atoms with Crippen LogP contribution in [0.5, 0.6) is 5.75 Å². The van der Waals surface area contributed by atoms with E-state index in [0.717, 1.165) is 12.8 Å². The molecule has 0 bridgehead atoms. The molecule has 90 valence electrons. The van der Waals surface area contributed by atoms with Gasteiger partial charge in [-0.2, -0.15) is 0 Å². The van der Waals surface area contributed by atoms with Gasteiger partial charge in [0.25, 0.3) is 5.91 Å². The highest BCUT2D eigenvalue weighted by Crippen LogP contribution is 2.21. The van der Waals surface area contributed by atoms with Crippen molar-refractivity contribution in [2.75, 3.05) is 6.54 Å². The average Bonchev–Trinajstić information content (AvgIpc) is 2.75. The lowest BCUT2D eigenvalue weighted by Gasteiger charge is -2.00. The van der Waals surface area contributed by atoms with E-state index in [4.69, 9.17) is 0 Å². The second-order valence-corrected chi connectivity index (χ2v) is 3.87. The number of phenols is 1. The molecule has 5 heteroatoms. The Labute approximate surface area is 98.9 Å². The zero-order chi connectivity index (χ0) is 12.3. The van der Waals surface area contributed by atoms with Crippen molar-refractivity contribution in [3.05, 3.63) is 24.0 Å². The fraction of sp³-hybridized carbons (Fsp3) is 0.333. The number of carbonyl (C=O) groups excluding carboxylic acids is 1. The number of nitrogens with zero attached hydrogens (tertiary/aromatic N) is 1. The van der Waals surface area contributed by atoms with E-state index < -0.39 is 0 Å². The molecule has 1 aromatic heterocycles. The number of hydrogen-bond acceptors (Lipinski definition) is 3. The van der Waals surface area contributed by atoms with Gasteiger partial charge in [-0.15, -0.1) is 0 Å². The maximum Gasteiger partial charge on any atom is 0.287 e. The molecule has 0 aliphatic heterocycles. The number of imidazole rings is 1. The number of nitrogens with one attached hydrogen (secondary N) is 2. The van der Waals surface area contributed by atoms with E-state index in [1.54, 1.807) is 18.2 Å². The minimum atomic E-state index is -0.242. The molecule has 1 amide bonds. The summed E-state index contributed by atoms with van der Waals surface area (Å²) in [7, 11) is 0. The highest BCUT2D eigenvalue weighted by Gasteiger charge is 2.12. The summed E-state index contributed by atoms with van der Waals surface area (Å²) in [5.74, 6) is 0.0676. The van der Waals surface area contributed by atoms with E-state index in [0.29, 0.717) is 17.6 Å². The molecule has 0 fully saturated rings. The van der Waals surface area contributed by atoms with Crippen LogP contribution in [-0.2, 0) is 0 Å². The van der Waals surface area contributed by atoms with E-state index in [1.807, 2.05) is 0 Å². The van der Waals surface area contributed by atoms with E-state index in [9.17, 15) is 9.90 Å². The van der Waals surface area contributed by atoms with Crippen molar-refractivity contribution in [3.63, 3.8) is 0 Å². The summed E-state index contributed by atoms with van der Waals surface area (Å²) in [4.78, 5) is 18.7. The molecule has 2 rings (SSSR count). The monoisotopic (exact) mass is 233 g/mol. The van der Waals surface area contributed by atoms with Crippen molar-refractivity contribution in [1.29, 1.82) is 0 Å². The standard InChI is InChI=1S/C12H15N3O2/c1-2-3-7-13-12(17)11-14-8-5-4-6-9(16)10(8)15-11/h4-6,16H,2-3,7H2,1H3,(H,13,17)(H,14,15). The van der Waals surface area contributed by atoms with Gasteiger partial charge in [-0.3, -0.25) is 4.79 Å². The lowest BCUT2D eigenvalue weighted by Crippen LogP contribution is -2.25. The molecule has 2 aromatic rings. The van der Waals surface area contributed by atoms with Crippen LogP contribution in [0.25, 0.3) is 11.0 Å². The van der Waals surface area contributed by atoms with Crippen LogP contribution >= 0.6 is 0 Å². The van der Waals surface area contributed by atoms with Gasteiger partial charge in [0.15, 0.2) is 5.82 Å². The van der Waals surface area contributed by atoms with E-state index in [-0.39, 0.29) is 17.5 Å². The SMILES string of the molecule is CCCCNC(=O)c1nc2c(O)cccc2[nH]1. The van der Waals surface area contributed by atoms with Crippen LogP contribution in [0.15, 0.2) is 18.2 Å². The minimum absolute atomic E-state index is 0.0753. The summed E-state index contributed by atoms with van der Waals surface area (Å²) in [5.41, 5.74) is 1.08. The Hall–Kier alpha value is -2.04. The van der Waals surface area contributed by atoms with E-state index >= 15 is 0 Å². The Morgan fingerprint density at radius 1 is 1.53 bits per heavy atom. The first-order chi connectivity index (χ1) is 8.22. The van der Waals surface area contributed by atoms with Crippen molar-refractivity contribution in [2.24, 2.45) is 0 Å². The fourth-order valence-electron chi connectivity index (χ4n) is 1.59. The molecule has 3 N–H and O–H groups in total. The minimum Gasteiger partial charge on any atom is -0.506 e. The topological polar surface area (TPSA) is 78.0 Å². The number of benzene rings is 1. The van der Waals surface area contributed by atoms with Crippen LogP contribution in [0, 0.1) is 0 Å². The number of aromatic hydroxyl groups is 1. The van der Waals surface area contributed by atoms with Crippen LogP contribution in [0.3, 0.4) is 0 Å². The number of fused-ring (bicyclic) bond motifs is 1. The molecule has 0 saturated carbocycles. The number of carbonyl (C=O) groups is 1. The third-order valence-corrected chi connectivity index (χ3v) is 2.52. The maximum absolute atomic E-state index is 11.7. The molecule has 0 unspecified atom stereocenters. The van der Waals surface area contributed by atoms with Gasteiger partial charge in [-0.05, 0) is 18.6 Å². The molecule has 0 saturated heterocycles. The largest absolute Gasteiger partial charge is 0.506 e. The number of para-hydroxylation sites is 1. The smallest absolute Gasteiger partial charge is 0.287 e. The van der Waals surface area contributed by atoms with Crippen molar-refractivity contribution >= 4 is 16.9 Å². The molecule has 0 spiro atoms. The molecule has 1 heterocycles. The quantitative estimate of drug-likeness (QED) is 0.704. The summed E-state index contributed by atoms with van der Waals surface area (Å²) >= 11 is 0. The zero-order valence-electron chi connectivity index (χ0n) is 9.66. The number of H-pyrrole nitrogens is 1. The van der Waals surface area contributed by atoms with Crippen LogP contribution in [0.4, 0.5) is 0 Å². The van der Waals surface area contributed by atoms with E-state index in [2.05, 4.69) is 22.2 Å². The van der Waals surface area contributed by atoms with Gasteiger partial charge >= 0.3 is 0 Å². The third-order valence-electron chi connectivity index (χ3n) is 2.52. The lowest BCUT2D eigenvalue weighted by molar-refractivity contribution is 0.0944. The highest BCUT2D eigenvalue weighted by molar-refractivity contribution is 5.95. The summed E-state index contributed by atoms with van der Waals surface area (Å²) < 4.78 is 0. The lowest BCUT2D eigenvalue weighted by atomic mass is 10.3. The maximum atomic E-state index is 11.7. The predicted molar refractivity (Wildman–Crippen MR) is 65.0 cm³/mol. The van der Waals surface area contributed by atoms with Crippen molar-refractivity contribution < 1.29 is 9.90 Å². The van der Waals surface area contributed by atoms with Gasteiger partial charge in [0, 0.05) is 6.54 Å². The van der Waals surface area contributed by atoms with Crippen molar-refractivity contribution in [2.45, 2.75) is 19.8 Å². The van der Waals surface area contributed by atoms with Gasteiger partial charge in [-0.1, -0.05) is 19.4 Å². The summed E-state index contributed by atoms with van der Waals surface area (Å²) in [6.45, 7) is 2.70. The van der Waals surface area contributed by atoms with Crippen molar-refractivity contribution in [3.8, 4) is 5.75 Å². The molecule has 0 aliphatic rings. The van der Waals surface area contributed by atoms with Gasteiger partial charge < -0.3 is 15.4 Å². The average molecular weight is 233 g/mol. The molecule has 0 aliphatic carbocycles. The number of hydrogen-bond donors (Lipinski definition) is 3. The Kier molecular flexibility index (Phi) is 3.27. The van der Waals surface area contributed by atoms with Crippen LogP contribution < -0.4 is 5.32 Å². The normalized spacial score (nSPS) is 10.6. The number of phenolic OH excluding ortho intramolecular Hbond substituents is 1. The van der Waals surface area contributed by atoms with Gasteiger partial charge in [0.05, 0.1) is 5.52 Å². The summed E-state index contributed by atoms with van der Waals surface area (Å²) in [5, 5.41) is 12.3. The first-order valence-corrected chi connectivity index (χ1v) is 5.68. The molecular weight excluding hydrogens is 218 g/mol. The second-order valence-electron chi connectivity index (χ2n) is 3.87. The van der Waals surface area contributed by atoms with Gasteiger partial charge in [-0.25, -0.2) is 4.98 Å². The van der Waals surface area contributed by atoms with Gasteiger partial charge in [0.1, 0.15) is 11.3 Å². The zero-order valence-corrected chi connectivity index (χ0v) is 9.66. The number of rotatable bonds is 4. The highest BCUT2D eigenvalue weighted by atomic mass is 16.3. The first kappa shape index (κ1) is 11.4. The van der Waals surface area contributed by atoms with Gasteiger partial charge in [0.2, 0.25) is 0 Å². The first-order valence-electron chi connectivity index (χ1n) is 5.68. The Morgan fingerprint density at radius 3 is 3.06 bits per heavy atom. The Bertz CT molecular complexity index is 534. The van der Waals surface area contributed by atoms with Crippen molar-refractivity contribution in [1.82, 2.24) is 15.3 Å². The predicted octanol–water partition coefficient (Wildman–Crippen LogP) is 1.80. The molecular formula is C12H15N3O2. The fourth-order valence-corrected chi connectivity index (χ4v) is 1.59. The molecule has 0 radical (unpaired) electrons. The number of amides is 1. The van der Waals surface area contributed by atoms with Crippen LogP contribution in [0.2, 0.25) is 0 Å².